The van der Waals surface area contributed by atoms with E-state index in [1.165, 1.54) is 6.42 Å². The first-order chi connectivity index (χ1) is 8.37. The highest BCUT2D eigenvalue weighted by Gasteiger charge is 2.31. The summed E-state index contributed by atoms with van der Waals surface area (Å²) < 4.78 is 0.936. The Kier molecular flexibility index (Phi) is 4.07. The lowest BCUT2D eigenvalue weighted by Crippen LogP contribution is -2.33. The molecule has 1 atom stereocenters. The van der Waals surface area contributed by atoms with E-state index >= 15 is 0 Å². The minimum Gasteiger partial charge on any atom is -0.349 e. The zero-order valence-electron chi connectivity index (χ0n) is 10.7. The van der Waals surface area contributed by atoms with E-state index in [1.807, 2.05) is 18.2 Å². The Bertz CT molecular complexity index is 473. The zero-order valence-corrected chi connectivity index (χ0v) is 13.1. The topological polar surface area (TPSA) is 29.1 Å². The van der Waals surface area contributed by atoms with Crippen molar-refractivity contribution in [1.29, 1.82) is 0 Å². The summed E-state index contributed by atoms with van der Waals surface area (Å²) in [5, 5.41) is 3.11. The number of carbonyl (C=O) groups is 1. The van der Waals surface area contributed by atoms with Crippen LogP contribution in [0, 0.1) is 5.41 Å². The van der Waals surface area contributed by atoms with Crippen LogP contribution in [0.3, 0.4) is 0 Å². The third-order valence-electron chi connectivity index (χ3n) is 3.51. The molecule has 1 aromatic carbocycles. The van der Waals surface area contributed by atoms with E-state index in [0.717, 1.165) is 17.3 Å². The number of nitrogens with one attached hydrogen (secondary N) is 1. The van der Waals surface area contributed by atoms with E-state index in [1.54, 1.807) is 0 Å². The van der Waals surface area contributed by atoms with Gasteiger partial charge in [0, 0.05) is 15.4 Å². The monoisotopic (exact) mass is 327 g/mol. The maximum absolute atomic E-state index is 12.2. The standard InChI is InChI=1S/C14H18BrNOS/c1-14(2)6-5-10(8-14)16-13(17)11-4-3-9(15)7-12(11)18/h3-4,7,10,18H,5-6,8H2,1-2H3,(H,16,17). The predicted octanol–water partition coefficient (Wildman–Crippen LogP) is 4.05. The molecule has 1 aliphatic carbocycles. The lowest BCUT2D eigenvalue weighted by atomic mass is 9.92. The van der Waals surface area contributed by atoms with Gasteiger partial charge in [0.1, 0.15) is 0 Å². The second kappa shape index (κ2) is 5.25. The molecule has 1 N–H and O–H groups in total. The molecule has 0 saturated heterocycles. The molecule has 1 amide bonds. The van der Waals surface area contributed by atoms with Crippen molar-refractivity contribution in [3.8, 4) is 0 Å². The van der Waals surface area contributed by atoms with E-state index in [-0.39, 0.29) is 5.91 Å². The van der Waals surface area contributed by atoms with Crippen LogP contribution >= 0.6 is 28.6 Å². The number of rotatable bonds is 2. The molecule has 4 heteroatoms. The van der Waals surface area contributed by atoms with E-state index < -0.39 is 0 Å². The fourth-order valence-electron chi connectivity index (χ4n) is 2.52. The van der Waals surface area contributed by atoms with Gasteiger partial charge in [-0.3, -0.25) is 4.79 Å². The predicted molar refractivity (Wildman–Crippen MR) is 80.3 cm³/mol. The van der Waals surface area contributed by atoms with E-state index in [4.69, 9.17) is 0 Å². The van der Waals surface area contributed by atoms with Crippen LogP contribution in [0.25, 0.3) is 0 Å². The summed E-state index contributed by atoms with van der Waals surface area (Å²) in [7, 11) is 0. The molecule has 0 spiro atoms. The molecule has 0 bridgehead atoms. The van der Waals surface area contributed by atoms with Crippen LogP contribution in [0.1, 0.15) is 43.5 Å². The number of carbonyl (C=O) groups excluding carboxylic acids is 1. The minimum atomic E-state index is -0.0183. The maximum Gasteiger partial charge on any atom is 0.252 e. The fraction of sp³-hybridized carbons (Fsp3) is 0.500. The van der Waals surface area contributed by atoms with E-state index in [9.17, 15) is 4.79 Å². The molecule has 0 aliphatic heterocycles. The highest BCUT2D eigenvalue weighted by molar-refractivity contribution is 9.10. The van der Waals surface area contributed by atoms with Gasteiger partial charge in [-0.1, -0.05) is 29.8 Å². The van der Waals surface area contributed by atoms with Crippen molar-refractivity contribution in [1.82, 2.24) is 5.32 Å². The average Bonchev–Trinajstić information content (AvgIpc) is 2.57. The number of benzene rings is 1. The van der Waals surface area contributed by atoms with Gasteiger partial charge in [-0.15, -0.1) is 12.6 Å². The summed E-state index contributed by atoms with van der Waals surface area (Å²) in [6, 6.07) is 5.81. The van der Waals surface area contributed by atoms with Crippen molar-refractivity contribution in [2.45, 2.75) is 44.0 Å². The number of halogens is 1. The van der Waals surface area contributed by atoms with Gasteiger partial charge in [-0.2, -0.15) is 0 Å². The largest absolute Gasteiger partial charge is 0.349 e. The van der Waals surface area contributed by atoms with Crippen LogP contribution in [0.2, 0.25) is 0 Å². The molecule has 2 nitrogen and oxygen atoms in total. The van der Waals surface area contributed by atoms with Crippen molar-refractivity contribution in [3.63, 3.8) is 0 Å². The summed E-state index contributed by atoms with van der Waals surface area (Å²) in [6.45, 7) is 4.51. The Labute approximate surface area is 122 Å². The van der Waals surface area contributed by atoms with Crippen LogP contribution in [0.4, 0.5) is 0 Å². The molecule has 1 unspecified atom stereocenters. The van der Waals surface area contributed by atoms with Crippen LogP contribution in [-0.2, 0) is 0 Å². The second-order valence-corrected chi connectivity index (χ2v) is 7.14. The zero-order chi connectivity index (χ0) is 13.3. The Hall–Kier alpha value is -0.480. The molecule has 0 heterocycles. The molecule has 18 heavy (non-hydrogen) atoms. The maximum atomic E-state index is 12.2. The molecule has 1 saturated carbocycles. The molecule has 0 aromatic heterocycles. The van der Waals surface area contributed by atoms with Crippen molar-refractivity contribution in [2.24, 2.45) is 5.41 Å². The first-order valence-corrected chi connectivity index (χ1v) is 7.41. The lowest BCUT2D eigenvalue weighted by molar-refractivity contribution is 0.0933. The van der Waals surface area contributed by atoms with Crippen molar-refractivity contribution in [3.05, 3.63) is 28.2 Å². The lowest BCUT2D eigenvalue weighted by Gasteiger charge is -2.18. The average molecular weight is 328 g/mol. The van der Waals surface area contributed by atoms with Gasteiger partial charge < -0.3 is 5.32 Å². The first kappa shape index (κ1) is 13.9. The Morgan fingerprint density at radius 3 is 2.78 bits per heavy atom. The van der Waals surface area contributed by atoms with Crippen LogP contribution < -0.4 is 5.32 Å². The van der Waals surface area contributed by atoms with Gasteiger partial charge in [0.2, 0.25) is 0 Å². The molecular weight excluding hydrogens is 310 g/mol. The summed E-state index contributed by atoms with van der Waals surface area (Å²) in [5.41, 5.74) is 0.993. The van der Waals surface area contributed by atoms with E-state index in [0.29, 0.717) is 21.9 Å². The third-order valence-corrected chi connectivity index (χ3v) is 4.37. The molecule has 1 aliphatic rings. The molecule has 1 fully saturated rings. The second-order valence-electron chi connectivity index (χ2n) is 5.74. The SMILES string of the molecule is CC1(C)CCC(NC(=O)c2ccc(Br)cc2S)C1. The molecule has 1 aromatic rings. The van der Waals surface area contributed by atoms with Crippen LogP contribution in [-0.4, -0.2) is 11.9 Å². The molecule has 2 rings (SSSR count). The van der Waals surface area contributed by atoms with E-state index in [2.05, 4.69) is 47.7 Å². The number of thiol groups is 1. The van der Waals surface area contributed by atoms with Gasteiger partial charge in [0.25, 0.3) is 5.91 Å². The van der Waals surface area contributed by atoms with Crippen molar-refractivity contribution in [2.75, 3.05) is 0 Å². The summed E-state index contributed by atoms with van der Waals surface area (Å²) >= 11 is 7.71. The molecule has 0 radical (unpaired) electrons. The normalized spacial score (nSPS) is 21.9. The van der Waals surface area contributed by atoms with Crippen LogP contribution in [0.15, 0.2) is 27.6 Å². The summed E-state index contributed by atoms with van der Waals surface area (Å²) in [6.07, 6.45) is 3.29. The quantitative estimate of drug-likeness (QED) is 0.788. The number of hydrogen-bond donors (Lipinski definition) is 2. The summed E-state index contributed by atoms with van der Waals surface area (Å²) in [5.74, 6) is -0.0183. The van der Waals surface area contributed by atoms with Crippen molar-refractivity contribution < 1.29 is 4.79 Å². The van der Waals surface area contributed by atoms with Gasteiger partial charge in [0.15, 0.2) is 0 Å². The van der Waals surface area contributed by atoms with Gasteiger partial charge in [-0.05, 0) is 42.9 Å². The summed E-state index contributed by atoms with van der Waals surface area (Å²) in [4.78, 5) is 12.9. The Balaban J connectivity index is 2.04. The van der Waals surface area contributed by atoms with Crippen LogP contribution in [0.5, 0.6) is 0 Å². The smallest absolute Gasteiger partial charge is 0.252 e. The Morgan fingerprint density at radius 1 is 1.50 bits per heavy atom. The minimum absolute atomic E-state index is 0.0183. The molecular formula is C14H18BrNOS. The van der Waals surface area contributed by atoms with Gasteiger partial charge in [-0.25, -0.2) is 0 Å². The number of hydrogen-bond acceptors (Lipinski definition) is 2. The fourth-order valence-corrected chi connectivity index (χ4v) is 3.37. The van der Waals surface area contributed by atoms with Gasteiger partial charge >= 0.3 is 0 Å². The third kappa shape index (κ3) is 3.29. The van der Waals surface area contributed by atoms with Gasteiger partial charge in [0.05, 0.1) is 5.56 Å². The number of amides is 1. The first-order valence-electron chi connectivity index (χ1n) is 6.17. The van der Waals surface area contributed by atoms with Crippen molar-refractivity contribution >= 4 is 34.5 Å². The Morgan fingerprint density at radius 2 is 2.22 bits per heavy atom. The molecule has 98 valence electrons. The highest BCUT2D eigenvalue weighted by atomic mass is 79.9. The highest BCUT2D eigenvalue weighted by Crippen LogP contribution is 2.37.